The number of carbonyl (C=O) groups excluding carboxylic acids is 1. The second-order valence-electron chi connectivity index (χ2n) is 7.63. The van der Waals surface area contributed by atoms with Crippen LogP contribution in [0.3, 0.4) is 0 Å². The highest BCUT2D eigenvalue weighted by Crippen LogP contribution is 2.31. The fraction of sp³-hybridized carbons (Fsp3) is 0.938. The molecule has 0 aliphatic heterocycles. The number of amides is 1. The molecule has 0 aromatic rings. The predicted octanol–water partition coefficient (Wildman–Crippen LogP) is 2.25. The smallest absolute Gasteiger partial charge is 0.408 e. The molecule has 0 heterocycles. The maximum atomic E-state index is 11.9. The highest BCUT2D eigenvalue weighted by molar-refractivity contribution is 5.69. The molecule has 21 heavy (non-hydrogen) atoms. The van der Waals surface area contributed by atoms with E-state index in [1.165, 1.54) is 0 Å². The van der Waals surface area contributed by atoms with Crippen molar-refractivity contribution < 1.29 is 9.53 Å². The minimum atomic E-state index is -0.454. The molecule has 1 fully saturated rings. The van der Waals surface area contributed by atoms with Crippen LogP contribution in [-0.4, -0.2) is 36.9 Å². The van der Waals surface area contributed by atoms with E-state index in [1.54, 1.807) is 0 Å². The molecule has 0 bridgehead atoms. The van der Waals surface area contributed by atoms with Gasteiger partial charge < -0.3 is 21.1 Å². The van der Waals surface area contributed by atoms with Gasteiger partial charge in [-0.3, -0.25) is 0 Å². The molecule has 124 valence electrons. The van der Waals surface area contributed by atoms with E-state index in [0.717, 1.165) is 32.4 Å². The van der Waals surface area contributed by atoms with E-state index in [4.69, 9.17) is 10.5 Å². The Morgan fingerprint density at radius 1 is 1.33 bits per heavy atom. The number of alkyl carbamates (subject to hydrolysis) is 1. The van der Waals surface area contributed by atoms with Gasteiger partial charge in [0.15, 0.2) is 0 Å². The van der Waals surface area contributed by atoms with Gasteiger partial charge in [0.1, 0.15) is 5.60 Å². The lowest BCUT2D eigenvalue weighted by Crippen LogP contribution is -2.60. The molecule has 1 amide bonds. The second-order valence-corrected chi connectivity index (χ2v) is 7.63. The maximum Gasteiger partial charge on any atom is 0.408 e. The Bertz CT molecular complexity index is 333. The zero-order valence-electron chi connectivity index (χ0n) is 14.3. The number of rotatable bonds is 7. The molecule has 4 N–H and O–H groups in total. The van der Waals surface area contributed by atoms with E-state index in [-0.39, 0.29) is 11.6 Å². The highest BCUT2D eigenvalue weighted by atomic mass is 16.6. The first-order chi connectivity index (χ1) is 9.67. The largest absolute Gasteiger partial charge is 0.444 e. The van der Waals surface area contributed by atoms with Crippen molar-refractivity contribution in [2.75, 3.05) is 19.6 Å². The number of hydrogen-bond acceptors (Lipinski definition) is 4. The zero-order valence-corrected chi connectivity index (χ0v) is 14.3. The average Bonchev–Trinajstić information content (AvgIpc) is 2.28. The Labute approximate surface area is 129 Å². The number of hydrogen-bond donors (Lipinski definition) is 3. The summed E-state index contributed by atoms with van der Waals surface area (Å²) in [5.41, 5.74) is 5.20. The molecule has 1 aliphatic rings. The fourth-order valence-electron chi connectivity index (χ4n) is 2.56. The van der Waals surface area contributed by atoms with Gasteiger partial charge in [-0.1, -0.05) is 13.8 Å². The second kappa shape index (κ2) is 7.45. The molecule has 0 radical (unpaired) electrons. The van der Waals surface area contributed by atoms with Gasteiger partial charge in [-0.05, 0) is 65.0 Å². The van der Waals surface area contributed by atoms with Gasteiger partial charge in [0.25, 0.3) is 0 Å². The number of ether oxygens (including phenoxy) is 1. The fourth-order valence-corrected chi connectivity index (χ4v) is 2.56. The summed E-state index contributed by atoms with van der Waals surface area (Å²) in [6, 6.07) is 0. The van der Waals surface area contributed by atoms with E-state index < -0.39 is 5.60 Å². The summed E-state index contributed by atoms with van der Waals surface area (Å²) in [6.45, 7) is 12.4. The van der Waals surface area contributed by atoms with Crippen molar-refractivity contribution in [3.63, 3.8) is 0 Å². The topological polar surface area (TPSA) is 76.4 Å². The summed E-state index contributed by atoms with van der Waals surface area (Å²) in [7, 11) is 0. The Morgan fingerprint density at radius 3 is 2.33 bits per heavy atom. The molecule has 5 nitrogen and oxygen atoms in total. The van der Waals surface area contributed by atoms with Gasteiger partial charge in [-0.25, -0.2) is 4.79 Å². The van der Waals surface area contributed by atoms with E-state index in [1.807, 2.05) is 20.8 Å². The molecule has 1 unspecified atom stereocenters. The number of carbonyl (C=O) groups is 1. The van der Waals surface area contributed by atoms with Crippen molar-refractivity contribution in [3.05, 3.63) is 0 Å². The Hall–Kier alpha value is -0.810. The van der Waals surface area contributed by atoms with Gasteiger partial charge in [0.05, 0.1) is 5.54 Å². The van der Waals surface area contributed by atoms with Crippen LogP contribution in [-0.2, 0) is 4.74 Å². The molecular weight excluding hydrogens is 266 g/mol. The van der Waals surface area contributed by atoms with Crippen molar-refractivity contribution in [1.29, 1.82) is 0 Å². The molecule has 1 saturated carbocycles. The number of nitrogens with one attached hydrogen (secondary N) is 2. The van der Waals surface area contributed by atoms with E-state index in [2.05, 4.69) is 24.5 Å². The first kappa shape index (κ1) is 18.2. The standard InChI is InChI=1S/C16H33N3O2/c1-12(2)13(9-17)10-18-11-16(7-6-8-16)19-14(20)21-15(3,4)5/h12-13,18H,6-11,17H2,1-5H3,(H,19,20). The van der Waals surface area contributed by atoms with Gasteiger partial charge in [0, 0.05) is 6.54 Å². The molecule has 0 spiro atoms. The lowest BCUT2D eigenvalue weighted by Gasteiger charge is -2.43. The minimum Gasteiger partial charge on any atom is -0.444 e. The number of nitrogens with two attached hydrogens (primary N) is 1. The third-order valence-corrected chi connectivity index (χ3v) is 4.19. The van der Waals surface area contributed by atoms with Crippen LogP contribution in [0.15, 0.2) is 0 Å². The molecule has 5 heteroatoms. The Kier molecular flexibility index (Phi) is 6.47. The predicted molar refractivity (Wildman–Crippen MR) is 86.2 cm³/mol. The summed E-state index contributed by atoms with van der Waals surface area (Å²) in [6.07, 6.45) is 2.85. The first-order valence-corrected chi connectivity index (χ1v) is 8.09. The van der Waals surface area contributed by atoms with Crippen LogP contribution >= 0.6 is 0 Å². The molecule has 1 rings (SSSR count). The van der Waals surface area contributed by atoms with Crippen LogP contribution in [0.2, 0.25) is 0 Å². The van der Waals surface area contributed by atoms with E-state index >= 15 is 0 Å². The maximum absolute atomic E-state index is 11.9. The minimum absolute atomic E-state index is 0.140. The normalized spacial score (nSPS) is 19.0. The summed E-state index contributed by atoms with van der Waals surface area (Å²) >= 11 is 0. The molecular formula is C16H33N3O2. The van der Waals surface area contributed by atoms with Crippen LogP contribution in [0.1, 0.15) is 53.9 Å². The molecule has 0 aromatic carbocycles. The van der Waals surface area contributed by atoms with Crippen LogP contribution < -0.4 is 16.4 Å². The van der Waals surface area contributed by atoms with Crippen LogP contribution in [0.25, 0.3) is 0 Å². The van der Waals surface area contributed by atoms with Crippen LogP contribution in [0, 0.1) is 11.8 Å². The molecule has 1 aliphatic carbocycles. The third-order valence-electron chi connectivity index (χ3n) is 4.19. The SMILES string of the molecule is CC(C)C(CN)CNCC1(NC(=O)OC(C)(C)C)CCC1. The quantitative estimate of drug-likeness (QED) is 0.674. The highest BCUT2D eigenvalue weighted by Gasteiger charge is 2.39. The Morgan fingerprint density at radius 2 is 1.95 bits per heavy atom. The van der Waals surface area contributed by atoms with Crippen LogP contribution in [0.5, 0.6) is 0 Å². The molecule has 0 saturated heterocycles. The van der Waals surface area contributed by atoms with Crippen LogP contribution in [0.4, 0.5) is 4.79 Å². The molecule has 1 atom stereocenters. The first-order valence-electron chi connectivity index (χ1n) is 8.09. The van der Waals surface area contributed by atoms with Crippen molar-refractivity contribution in [2.24, 2.45) is 17.6 Å². The lowest BCUT2D eigenvalue weighted by atomic mass is 9.76. The van der Waals surface area contributed by atoms with Crippen molar-refractivity contribution in [3.8, 4) is 0 Å². The van der Waals surface area contributed by atoms with Crippen molar-refractivity contribution >= 4 is 6.09 Å². The summed E-state index contributed by atoms with van der Waals surface area (Å²) in [5.74, 6) is 1.04. The summed E-state index contributed by atoms with van der Waals surface area (Å²) in [5, 5.41) is 6.53. The average molecular weight is 299 g/mol. The van der Waals surface area contributed by atoms with Crippen molar-refractivity contribution in [2.45, 2.75) is 65.0 Å². The summed E-state index contributed by atoms with van der Waals surface area (Å²) < 4.78 is 5.36. The van der Waals surface area contributed by atoms with Crippen molar-refractivity contribution in [1.82, 2.24) is 10.6 Å². The molecule has 0 aromatic heterocycles. The van der Waals surface area contributed by atoms with Gasteiger partial charge in [-0.15, -0.1) is 0 Å². The van der Waals surface area contributed by atoms with Gasteiger partial charge in [-0.2, -0.15) is 0 Å². The monoisotopic (exact) mass is 299 g/mol. The van der Waals surface area contributed by atoms with E-state index in [0.29, 0.717) is 18.4 Å². The summed E-state index contributed by atoms with van der Waals surface area (Å²) in [4.78, 5) is 11.9. The lowest BCUT2D eigenvalue weighted by molar-refractivity contribution is 0.0381. The van der Waals surface area contributed by atoms with Gasteiger partial charge in [0.2, 0.25) is 0 Å². The third kappa shape index (κ3) is 6.22. The Balaban J connectivity index is 2.41. The van der Waals surface area contributed by atoms with E-state index in [9.17, 15) is 4.79 Å². The zero-order chi connectivity index (χ0) is 16.1. The van der Waals surface area contributed by atoms with Gasteiger partial charge >= 0.3 is 6.09 Å².